The Hall–Kier alpha value is -3.01. The average molecular weight is 523 g/mol. The minimum absolute atomic E-state index is 0.182. The number of nitrogens with zero attached hydrogens (tertiary/aromatic N) is 4. The molecule has 0 saturated carbocycles. The molecule has 3 heterocycles. The number of aryl methyl sites for hydroxylation is 1. The van der Waals surface area contributed by atoms with Gasteiger partial charge in [0.05, 0.1) is 11.1 Å². The summed E-state index contributed by atoms with van der Waals surface area (Å²) < 4.78 is 36.1. The van der Waals surface area contributed by atoms with E-state index >= 15 is 0 Å². The van der Waals surface area contributed by atoms with Crippen molar-refractivity contribution in [2.45, 2.75) is 50.2 Å². The second-order valence-electron chi connectivity index (χ2n) is 10.5. The molecule has 0 saturated heterocycles. The van der Waals surface area contributed by atoms with Gasteiger partial charge in [-0.15, -0.1) is 0 Å². The van der Waals surface area contributed by atoms with Crippen molar-refractivity contribution in [1.29, 1.82) is 0 Å². The molecule has 3 aromatic heterocycles. The van der Waals surface area contributed by atoms with Gasteiger partial charge >= 0.3 is 0 Å². The molecule has 190 valence electrons. The quantitative estimate of drug-likeness (QED) is 0.206. The van der Waals surface area contributed by atoms with Gasteiger partial charge in [-0.3, -0.25) is 4.68 Å². The Balaban J connectivity index is 1.67. The van der Waals surface area contributed by atoms with Crippen LogP contribution in [0.3, 0.4) is 0 Å². The summed E-state index contributed by atoms with van der Waals surface area (Å²) in [6, 6.07) is 10.4. The predicted molar refractivity (Wildman–Crippen MR) is 148 cm³/mol. The first-order chi connectivity index (χ1) is 16.9. The highest BCUT2D eigenvalue weighted by atomic mass is 32.2. The maximum atomic E-state index is 13.5. The van der Waals surface area contributed by atoms with E-state index in [1.165, 1.54) is 3.97 Å². The fourth-order valence-electron chi connectivity index (χ4n) is 3.68. The van der Waals surface area contributed by atoms with Gasteiger partial charge in [0.2, 0.25) is 0 Å². The molecule has 9 heteroatoms. The van der Waals surface area contributed by atoms with E-state index in [0.717, 1.165) is 28.5 Å². The van der Waals surface area contributed by atoms with E-state index in [1.807, 2.05) is 25.4 Å². The standard InChI is InChI=1S/C27H34N4O3SSi/c1-27(2,3)36(5,6)34-15-11-10-12-21-16-24-25(22-18-29-30(4)19-22)20-31(26(24)28-17-21)35(32,33)23-13-8-7-9-14-23/h7-10,12-14,16-20H,11,15H2,1-6H3/b12-10+. The van der Waals surface area contributed by atoms with E-state index in [1.54, 1.807) is 53.6 Å². The predicted octanol–water partition coefficient (Wildman–Crippen LogP) is 6.10. The lowest BCUT2D eigenvalue weighted by atomic mass is 10.1. The first kappa shape index (κ1) is 26.1. The first-order valence-corrected chi connectivity index (χ1v) is 16.4. The van der Waals surface area contributed by atoms with Crippen LogP contribution >= 0.6 is 0 Å². The van der Waals surface area contributed by atoms with Crippen molar-refractivity contribution in [2.24, 2.45) is 7.05 Å². The molecule has 0 amide bonds. The number of hydrogen-bond donors (Lipinski definition) is 0. The number of fused-ring (bicyclic) bond motifs is 1. The van der Waals surface area contributed by atoms with Crippen LogP contribution in [0.15, 0.2) is 72.2 Å². The molecule has 4 rings (SSSR count). The van der Waals surface area contributed by atoms with Crippen molar-refractivity contribution in [2.75, 3.05) is 6.61 Å². The van der Waals surface area contributed by atoms with Crippen LogP contribution in [0.5, 0.6) is 0 Å². The van der Waals surface area contributed by atoms with Crippen LogP contribution in [0.1, 0.15) is 32.8 Å². The molecule has 0 unspecified atom stereocenters. The van der Waals surface area contributed by atoms with Gasteiger partial charge in [-0.05, 0) is 48.3 Å². The third-order valence-corrected chi connectivity index (χ3v) is 13.0. The molecule has 0 aliphatic heterocycles. The number of benzene rings is 1. The van der Waals surface area contributed by atoms with E-state index in [-0.39, 0.29) is 9.93 Å². The normalized spacial score (nSPS) is 13.2. The molecule has 0 aliphatic carbocycles. The molecule has 1 aromatic carbocycles. The van der Waals surface area contributed by atoms with E-state index in [4.69, 9.17) is 4.43 Å². The minimum atomic E-state index is -3.81. The Labute approximate surface area is 214 Å². The molecule has 0 spiro atoms. The van der Waals surface area contributed by atoms with Gasteiger partial charge in [0.25, 0.3) is 10.0 Å². The van der Waals surface area contributed by atoms with Crippen molar-refractivity contribution in [3.63, 3.8) is 0 Å². The second kappa shape index (κ2) is 9.80. The highest BCUT2D eigenvalue weighted by molar-refractivity contribution is 7.90. The van der Waals surface area contributed by atoms with E-state index in [0.29, 0.717) is 12.3 Å². The zero-order valence-corrected chi connectivity index (χ0v) is 23.6. The van der Waals surface area contributed by atoms with E-state index in [9.17, 15) is 8.42 Å². The Bertz CT molecular complexity index is 1500. The van der Waals surface area contributed by atoms with Crippen molar-refractivity contribution < 1.29 is 12.8 Å². The first-order valence-electron chi connectivity index (χ1n) is 12.0. The van der Waals surface area contributed by atoms with Crippen molar-refractivity contribution in [3.8, 4) is 11.1 Å². The summed E-state index contributed by atoms with van der Waals surface area (Å²) in [5.74, 6) is 0. The van der Waals surface area contributed by atoms with Crippen LogP contribution < -0.4 is 0 Å². The molecule has 0 N–H and O–H groups in total. The van der Waals surface area contributed by atoms with Crippen molar-refractivity contribution in [3.05, 3.63) is 72.8 Å². The van der Waals surface area contributed by atoms with Gasteiger partial charge in [0, 0.05) is 48.8 Å². The van der Waals surface area contributed by atoms with Crippen molar-refractivity contribution in [1.82, 2.24) is 18.7 Å². The van der Waals surface area contributed by atoms with Gasteiger partial charge in [0.15, 0.2) is 14.0 Å². The molecule has 7 nitrogen and oxygen atoms in total. The van der Waals surface area contributed by atoms with Crippen LogP contribution in [-0.4, -0.2) is 42.1 Å². The monoisotopic (exact) mass is 522 g/mol. The Kier molecular flexibility index (Phi) is 7.09. The average Bonchev–Trinajstić information content (AvgIpc) is 3.42. The lowest BCUT2D eigenvalue weighted by Gasteiger charge is -2.36. The lowest BCUT2D eigenvalue weighted by molar-refractivity contribution is 0.294. The van der Waals surface area contributed by atoms with Gasteiger partial charge in [-0.2, -0.15) is 5.10 Å². The number of rotatable bonds is 8. The molecule has 0 fully saturated rings. The van der Waals surface area contributed by atoms with Crippen molar-refractivity contribution >= 4 is 35.5 Å². The van der Waals surface area contributed by atoms with Crippen LogP contribution in [0.2, 0.25) is 18.1 Å². The molecule has 0 bridgehead atoms. The van der Waals surface area contributed by atoms with E-state index in [2.05, 4.69) is 50.0 Å². The van der Waals surface area contributed by atoms with Gasteiger partial charge in [-0.25, -0.2) is 17.4 Å². The molecule has 36 heavy (non-hydrogen) atoms. The topological polar surface area (TPSA) is 79.0 Å². The molecule has 4 aromatic rings. The highest BCUT2D eigenvalue weighted by Crippen LogP contribution is 2.36. The zero-order valence-electron chi connectivity index (χ0n) is 21.8. The zero-order chi connectivity index (χ0) is 26.1. The third-order valence-electron chi connectivity index (χ3n) is 6.81. The van der Waals surface area contributed by atoms with Gasteiger partial charge in [0.1, 0.15) is 0 Å². The SMILES string of the molecule is Cn1cc(-c2cn(S(=O)(=O)c3ccccc3)c3ncc(/C=C/CCO[Si](C)(C)C(C)(C)C)cc23)cn1. The van der Waals surface area contributed by atoms with Gasteiger partial charge < -0.3 is 4.43 Å². The fraction of sp³-hybridized carbons (Fsp3) is 0.333. The van der Waals surface area contributed by atoms with Crippen LogP contribution in [0.25, 0.3) is 28.2 Å². The summed E-state index contributed by atoms with van der Waals surface area (Å²) in [5, 5.41) is 5.21. The third kappa shape index (κ3) is 5.23. The molecule has 0 radical (unpaired) electrons. The molecule has 0 atom stereocenters. The molecular formula is C27H34N4O3SSi. The fourth-order valence-corrected chi connectivity index (χ4v) is 6.09. The lowest BCUT2D eigenvalue weighted by Crippen LogP contribution is -2.40. The maximum Gasteiger partial charge on any atom is 0.269 e. The second-order valence-corrected chi connectivity index (χ2v) is 17.1. The van der Waals surface area contributed by atoms with Crippen LogP contribution in [-0.2, 0) is 21.5 Å². The maximum absolute atomic E-state index is 13.5. The number of pyridine rings is 1. The summed E-state index contributed by atoms with van der Waals surface area (Å²) in [7, 11) is -3.75. The molecule has 0 aliphatic rings. The minimum Gasteiger partial charge on any atom is -0.417 e. The van der Waals surface area contributed by atoms with Gasteiger partial charge in [-0.1, -0.05) is 51.1 Å². The summed E-state index contributed by atoms with van der Waals surface area (Å²) >= 11 is 0. The Morgan fingerprint density at radius 1 is 1.08 bits per heavy atom. The Morgan fingerprint density at radius 3 is 2.44 bits per heavy atom. The number of hydrogen-bond acceptors (Lipinski definition) is 5. The summed E-state index contributed by atoms with van der Waals surface area (Å²) in [5.41, 5.74) is 2.88. The smallest absolute Gasteiger partial charge is 0.269 e. The number of aromatic nitrogens is 4. The summed E-state index contributed by atoms with van der Waals surface area (Å²) in [4.78, 5) is 4.79. The summed E-state index contributed by atoms with van der Waals surface area (Å²) in [6.07, 6.45) is 11.8. The Morgan fingerprint density at radius 2 is 1.81 bits per heavy atom. The van der Waals surface area contributed by atoms with E-state index < -0.39 is 18.3 Å². The molecular weight excluding hydrogens is 488 g/mol. The summed E-state index contributed by atoms with van der Waals surface area (Å²) in [6.45, 7) is 11.9. The highest BCUT2D eigenvalue weighted by Gasteiger charge is 2.36. The van der Waals surface area contributed by atoms with Crippen LogP contribution in [0, 0.1) is 0 Å². The largest absolute Gasteiger partial charge is 0.417 e. The van der Waals surface area contributed by atoms with Crippen LogP contribution in [0.4, 0.5) is 0 Å².